The zero-order valence-electron chi connectivity index (χ0n) is 12.4. The lowest BCUT2D eigenvalue weighted by Crippen LogP contribution is -2.43. The van der Waals surface area contributed by atoms with Gasteiger partial charge in [0.25, 0.3) is 5.91 Å². The standard InChI is InChI=1S/C16H24N2O2/c1-3-7-12-8-4-5-11-18(12)16(19)13-9-6-10-14(17)15(13)20-2/h6,9-10,12H,3-5,7-8,11,17H2,1-2H3. The van der Waals surface area contributed by atoms with Gasteiger partial charge < -0.3 is 15.4 Å². The van der Waals surface area contributed by atoms with Gasteiger partial charge in [-0.3, -0.25) is 4.79 Å². The Morgan fingerprint density at radius 1 is 1.45 bits per heavy atom. The molecule has 0 saturated carbocycles. The van der Waals surface area contributed by atoms with E-state index < -0.39 is 0 Å². The molecule has 1 fully saturated rings. The van der Waals surface area contributed by atoms with E-state index in [1.54, 1.807) is 19.2 Å². The number of nitrogens with zero attached hydrogens (tertiary/aromatic N) is 1. The molecular formula is C16H24N2O2. The molecule has 1 amide bonds. The minimum absolute atomic E-state index is 0.0484. The van der Waals surface area contributed by atoms with Crippen LogP contribution in [0.5, 0.6) is 5.75 Å². The average Bonchev–Trinajstić information content (AvgIpc) is 2.47. The highest BCUT2D eigenvalue weighted by molar-refractivity contribution is 5.98. The fourth-order valence-electron chi connectivity index (χ4n) is 3.01. The SMILES string of the molecule is CCCC1CCCCN1C(=O)c1cccc(N)c1OC. The van der Waals surface area contributed by atoms with Crippen LogP contribution >= 0.6 is 0 Å². The molecule has 1 aromatic rings. The molecule has 1 unspecified atom stereocenters. The lowest BCUT2D eigenvalue weighted by Gasteiger charge is -2.36. The highest BCUT2D eigenvalue weighted by atomic mass is 16.5. The van der Waals surface area contributed by atoms with Crippen molar-refractivity contribution in [1.82, 2.24) is 4.90 Å². The summed E-state index contributed by atoms with van der Waals surface area (Å²) in [6.07, 6.45) is 5.56. The summed E-state index contributed by atoms with van der Waals surface area (Å²) >= 11 is 0. The maximum atomic E-state index is 12.8. The van der Waals surface area contributed by atoms with E-state index in [0.717, 1.165) is 32.2 Å². The summed E-state index contributed by atoms with van der Waals surface area (Å²) < 4.78 is 5.31. The fraction of sp³-hybridized carbons (Fsp3) is 0.562. The van der Waals surface area contributed by atoms with Gasteiger partial charge in [0.1, 0.15) is 0 Å². The second-order valence-corrected chi connectivity index (χ2v) is 5.36. The van der Waals surface area contributed by atoms with Crippen molar-refractivity contribution in [3.05, 3.63) is 23.8 Å². The van der Waals surface area contributed by atoms with Crippen molar-refractivity contribution in [2.24, 2.45) is 0 Å². The average molecular weight is 276 g/mol. The Labute approximate surface area is 120 Å². The molecule has 0 aromatic heterocycles. The first kappa shape index (κ1) is 14.7. The molecule has 1 atom stereocenters. The van der Waals surface area contributed by atoms with Crippen LogP contribution in [-0.4, -0.2) is 30.5 Å². The van der Waals surface area contributed by atoms with Gasteiger partial charge in [0.15, 0.2) is 5.75 Å². The van der Waals surface area contributed by atoms with Gasteiger partial charge in [-0.15, -0.1) is 0 Å². The molecule has 0 aliphatic carbocycles. The van der Waals surface area contributed by atoms with Gasteiger partial charge in [0, 0.05) is 12.6 Å². The molecule has 1 saturated heterocycles. The Balaban J connectivity index is 2.27. The number of ether oxygens (including phenoxy) is 1. The number of benzene rings is 1. The molecular weight excluding hydrogens is 252 g/mol. The number of amides is 1. The van der Waals surface area contributed by atoms with E-state index in [0.29, 0.717) is 23.0 Å². The predicted octanol–water partition coefficient (Wildman–Crippen LogP) is 3.07. The molecule has 2 N–H and O–H groups in total. The number of carbonyl (C=O) groups excluding carboxylic acids is 1. The first-order chi connectivity index (χ1) is 9.69. The van der Waals surface area contributed by atoms with Crippen LogP contribution in [0, 0.1) is 0 Å². The van der Waals surface area contributed by atoms with Crippen LogP contribution in [0.1, 0.15) is 49.4 Å². The van der Waals surface area contributed by atoms with Crippen LogP contribution in [0.15, 0.2) is 18.2 Å². The molecule has 2 rings (SSSR count). The summed E-state index contributed by atoms with van der Waals surface area (Å²) in [7, 11) is 1.56. The normalized spacial score (nSPS) is 18.9. The number of rotatable bonds is 4. The largest absolute Gasteiger partial charge is 0.494 e. The molecule has 1 aromatic carbocycles. The first-order valence-electron chi connectivity index (χ1n) is 7.42. The molecule has 0 radical (unpaired) electrons. The molecule has 0 spiro atoms. The number of nitrogens with two attached hydrogens (primary N) is 1. The maximum Gasteiger partial charge on any atom is 0.257 e. The van der Waals surface area contributed by atoms with Gasteiger partial charge in [0.2, 0.25) is 0 Å². The minimum Gasteiger partial charge on any atom is -0.494 e. The van der Waals surface area contributed by atoms with E-state index in [4.69, 9.17) is 10.5 Å². The third kappa shape index (κ3) is 2.89. The second kappa shape index (κ2) is 6.64. The van der Waals surface area contributed by atoms with Crippen LogP contribution in [-0.2, 0) is 0 Å². The summed E-state index contributed by atoms with van der Waals surface area (Å²) in [6, 6.07) is 5.72. The summed E-state index contributed by atoms with van der Waals surface area (Å²) in [5, 5.41) is 0. The summed E-state index contributed by atoms with van der Waals surface area (Å²) in [4.78, 5) is 14.8. The Morgan fingerprint density at radius 2 is 2.25 bits per heavy atom. The van der Waals surface area contributed by atoms with Crippen molar-refractivity contribution in [2.75, 3.05) is 19.4 Å². The van der Waals surface area contributed by atoms with Crippen molar-refractivity contribution in [2.45, 2.75) is 45.1 Å². The predicted molar refractivity (Wildman–Crippen MR) is 81.0 cm³/mol. The first-order valence-corrected chi connectivity index (χ1v) is 7.42. The molecule has 1 heterocycles. The minimum atomic E-state index is 0.0484. The Morgan fingerprint density at radius 3 is 2.95 bits per heavy atom. The Bertz CT molecular complexity index is 472. The van der Waals surface area contributed by atoms with Gasteiger partial charge >= 0.3 is 0 Å². The van der Waals surface area contributed by atoms with E-state index >= 15 is 0 Å². The molecule has 4 heteroatoms. The highest BCUT2D eigenvalue weighted by Crippen LogP contribution is 2.30. The Kier molecular flexibility index (Phi) is 4.88. The molecule has 1 aliphatic rings. The quantitative estimate of drug-likeness (QED) is 0.860. The van der Waals surface area contributed by atoms with Crippen molar-refractivity contribution < 1.29 is 9.53 Å². The van der Waals surface area contributed by atoms with Crippen LogP contribution in [0.3, 0.4) is 0 Å². The molecule has 1 aliphatic heterocycles. The molecule has 110 valence electrons. The van der Waals surface area contributed by atoms with Gasteiger partial charge in [0.05, 0.1) is 18.4 Å². The molecule has 0 bridgehead atoms. The summed E-state index contributed by atoms with van der Waals surface area (Å²) in [6.45, 7) is 3.00. The fourth-order valence-corrected chi connectivity index (χ4v) is 3.01. The smallest absolute Gasteiger partial charge is 0.257 e. The van der Waals surface area contributed by atoms with Gasteiger partial charge in [-0.1, -0.05) is 19.4 Å². The van der Waals surface area contributed by atoms with E-state index in [1.807, 2.05) is 11.0 Å². The Hall–Kier alpha value is -1.71. The van der Waals surface area contributed by atoms with E-state index in [1.165, 1.54) is 6.42 Å². The number of piperidine rings is 1. The number of anilines is 1. The maximum absolute atomic E-state index is 12.8. The van der Waals surface area contributed by atoms with Crippen molar-refractivity contribution >= 4 is 11.6 Å². The second-order valence-electron chi connectivity index (χ2n) is 5.36. The number of hydrogen-bond acceptors (Lipinski definition) is 3. The number of methoxy groups -OCH3 is 1. The zero-order chi connectivity index (χ0) is 14.5. The van der Waals surface area contributed by atoms with E-state index in [-0.39, 0.29) is 5.91 Å². The van der Waals surface area contributed by atoms with Crippen molar-refractivity contribution in [3.63, 3.8) is 0 Å². The lowest BCUT2D eigenvalue weighted by atomic mass is 9.97. The number of hydrogen-bond donors (Lipinski definition) is 1. The molecule has 4 nitrogen and oxygen atoms in total. The summed E-state index contributed by atoms with van der Waals surface area (Å²) in [5.41, 5.74) is 6.99. The van der Waals surface area contributed by atoms with Gasteiger partial charge in [-0.2, -0.15) is 0 Å². The van der Waals surface area contributed by atoms with E-state index in [9.17, 15) is 4.79 Å². The third-order valence-corrected chi connectivity index (χ3v) is 3.99. The third-order valence-electron chi connectivity index (χ3n) is 3.99. The van der Waals surface area contributed by atoms with E-state index in [2.05, 4.69) is 6.92 Å². The number of para-hydroxylation sites is 1. The topological polar surface area (TPSA) is 55.6 Å². The molecule has 20 heavy (non-hydrogen) atoms. The zero-order valence-corrected chi connectivity index (χ0v) is 12.4. The van der Waals surface area contributed by atoms with Gasteiger partial charge in [-0.05, 0) is 37.8 Å². The van der Waals surface area contributed by atoms with Gasteiger partial charge in [-0.25, -0.2) is 0 Å². The monoisotopic (exact) mass is 276 g/mol. The van der Waals surface area contributed by atoms with Crippen LogP contribution in [0.2, 0.25) is 0 Å². The highest BCUT2D eigenvalue weighted by Gasteiger charge is 2.28. The van der Waals surface area contributed by atoms with Crippen molar-refractivity contribution in [1.29, 1.82) is 0 Å². The number of likely N-dealkylation sites (tertiary alicyclic amines) is 1. The van der Waals surface area contributed by atoms with Crippen molar-refractivity contribution in [3.8, 4) is 5.75 Å². The summed E-state index contributed by atoms with van der Waals surface area (Å²) in [5.74, 6) is 0.547. The van der Waals surface area contributed by atoms with Crippen LogP contribution in [0.25, 0.3) is 0 Å². The van der Waals surface area contributed by atoms with Crippen LogP contribution < -0.4 is 10.5 Å². The number of nitrogen functional groups attached to an aromatic ring is 1. The number of carbonyl (C=O) groups is 1. The lowest BCUT2D eigenvalue weighted by molar-refractivity contribution is 0.0597. The van der Waals surface area contributed by atoms with Crippen LogP contribution in [0.4, 0.5) is 5.69 Å².